The van der Waals surface area contributed by atoms with Crippen LogP contribution in [-0.4, -0.2) is 57.0 Å². The quantitative estimate of drug-likeness (QED) is 0.772. The number of rotatable bonds is 5. The molecule has 0 spiro atoms. The van der Waals surface area contributed by atoms with Crippen molar-refractivity contribution in [1.82, 2.24) is 25.1 Å². The number of ether oxygens (including phenoxy) is 1. The summed E-state index contributed by atoms with van der Waals surface area (Å²) in [6.07, 6.45) is 4.62. The van der Waals surface area contributed by atoms with Crippen molar-refractivity contribution in [2.45, 2.75) is 30.8 Å². The summed E-state index contributed by atoms with van der Waals surface area (Å²) in [6.45, 7) is 1.73. The molecule has 1 amide bonds. The summed E-state index contributed by atoms with van der Waals surface area (Å²) in [4.78, 5) is 14.3. The number of aromatic nitrogens is 4. The van der Waals surface area contributed by atoms with Gasteiger partial charge in [-0.25, -0.2) is 0 Å². The maximum absolute atomic E-state index is 12.4. The molecule has 1 aromatic heterocycles. The van der Waals surface area contributed by atoms with Crippen LogP contribution in [0.2, 0.25) is 0 Å². The van der Waals surface area contributed by atoms with Crippen LogP contribution in [0.1, 0.15) is 25.7 Å². The number of hydrogen-bond donors (Lipinski definition) is 0. The summed E-state index contributed by atoms with van der Waals surface area (Å²) in [5.74, 6) is 1.29. The number of likely N-dealkylation sites (tertiary alicyclic amines) is 1. The van der Waals surface area contributed by atoms with Crippen molar-refractivity contribution in [3.8, 4) is 11.4 Å². The number of nitrogens with zero attached hydrogens (tertiary/aromatic N) is 5. The molecule has 1 saturated heterocycles. The number of carbonyl (C=O) groups is 1. The highest BCUT2D eigenvalue weighted by molar-refractivity contribution is 7.99. The normalized spacial score (nSPS) is 15.1. The molecule has 1 aliphatic rings. The molecule has 0 aliphatic carbocycles. The van der Waals surface area contributed by atoms with Gasteiger partial charge in [0.25, 0.3) is 0 Å². The summed E-state index contributed by atoms with van der Waals surface area (Å²) in [6, 6.07) is 7.48. The first-order valence-electron chi connectivity index (χ1n) is 8.11. The van der Waals surface area contributed by atoms with E-state index in [1.807, 2.05) is 29.2 Å². The van der Waals surface area contributed by atoms with Crippen molar-refractivity contribution in [2.75, 3.05) is 26.0 Å². The number of thioether (sulfide) groups is 1. The number of methoxy groups -OCH3 is 1. The monoisotopic (exact) mass is 347 g/mol. The summed E-state index contributed by atoms with van der Waals surface area (Å²) >= 11 is 1.37. The van der Waals surface area contributed by atoms with E-state index in [-0.39, 0.29) is 5.91 Å². The lowest BCUT2D eigenvalue weighted by Gasteiger charge is -2.19. The van der Waals surface area contributed by atoms with E-state index in [0.29, 0.717) is 10.9 Å². The van der Waals surface area contributed by atoms with E-state index >= 15 is 0 Å². The third-order valence-electron chi connectivity index (χ3n) is 4.04. The minimum atomic E-state index is 0.159. The van der Waals surface area contributed by atoms with Crippen LogP contribution in [0, 0.1) is 0 Å². The molecule has 24 heavy (non-hydrogen) atoms. The van der Waals surface area contributed by atoms with Gasteiger partial charge in [-0.3, -0.25) is 4.79 Å². The van der Waals surface area contributed by atoms with Gasteiger partial charge < -0.3 is 9.64 Å². The summed E-state index contributed by atoms with van der Waals surface area (Å²) in [5.41, 5.74) is 0.838. The zero-order chi connectivity index (χ0) is 16.8. The molecule has 7 nitrogen and oxygen atoms in total. The topological polar surface area (TPSA) is 73.1 Å². The fourth-order valence-corrected chi connectivity index (χ4v) is 3.49. The molecule has 2 aromatic rings. The van der Waals surface area contributed by atoms with Gasteiger partial charge in [-0.15, -0.1) is 5.10 Å². The summed E-state index contributed by atoms with van der Waals surface area (Å²) < 4.78 is 6.80. The Morgan fingerprint density at radius 1 is 1.17 bits per heavy atom. The molecule has 2 heterocycles. The number of hydrogen-bond acceptors (Lipinski definition) is 6. The highest BCUT2D eigenvalue weighted by atomic mass is 32.2. The van der Waals surface area contributed by atoms with Crippen molar-refractivity contribution in [1.29, 1.82) is 0 Å². The second-order valence-electron chi connectivity index (χ2n) is 5.65. The van der Waals surface area contributed by atoms with Gasteiger partial charge >= 0.3 is 0 Å². The van der Waals surface area contributed by atoms with E-state index in [1.54, 1.807) is 11.8 Å². The fraction of sp³-hybridized carbons (Fsp3) is 0.500. The van der Waals surface area contributed by atoms with E-state index in [0.717, 1.165) is 37.4 Å². The van der Waals surface area contributed by atoms with E-state index in [9.17, 15) is 4.79 Å². The largest absolute Gasteiger partial charge is 0.497 e. The molecule has 0 unspecified atom stereocenters. The maximum Gasteiger partial charge on any atom is 0.233 e. The molecule has 0 radical (unpaired) electrons. The minimum absolute atomic E-state index is 0.159. The second kappa shape index (κ2) is 8.14. The first-order chi connectivity index (χ1) is 11.8. The van der Waals surface area contributed by atoms with Gasteiger partial charge in [-0.2, -0.15) is 4.68 Å². The van der Waals surface area contributed by atoms with Crippen LogP contribution >= 0.6 is 11.8 Å². The Morgan fingerprint density at radius 2 is 1.88 bits per heavy atom. The predicted molar refractivity (Wildman–Crippen MR) is 91.5 cm³/mol. The maximum atomic E-state index is 12.4. The molecule has 128 valence electrons. The van der Waals surface area contributed by atoms with Gasteiger partial charge in [-0.05, 0) is 47.5 Å². The van der Waals surface area contributed by atoms with Gasteiger partial charge in [-0.1, -0.05) is 24.6 Å². The molecular weight excluding hydrogens is 326 g/mol. The summed E-state index contributed by atoms with van der Waals surface area (Å²) in [7, 11) is 1.63. The summed E-state index contributed by atoms with van der Waals surface area (Å²) in [5, 5.41) is 12.4. The smallest absolute Gasteiger partial charge is 0.233 e. The molecular formula is C16H21N5O2S. The van der Waals surface area contributed by atoms with Crippen molar-refractivity contribution in [2.24, 2.45) is 0 Å². The predicted octanol–water partition coefficient (Wildman–Crippen LogP) is 2.17. The average molecular weight is 347 g/mol. The molecule has 1 fully saturated rings. The molecule has 0 N–H and O–H groups in total. The number of amides is 1. The molecule has 1 aliphatic heterocycles. The lowest BCUT2D eigenvalue weighted by Crippen LogP contribution is -2.33. The molecule has 3 rings (SSSR count). The third-order valence-corrected chi connectivity index (χ3v) is 4.95. The van der Waals surface area contributed by atoms with Crippen LogP contribution in [0.4, 0.5) is 0 Å². The van der Waals surface area contributed by atoms with Crippen LogP contribution in [0.3, 0.4) is 0 Å². The SMILES string of the molecule is COc1ccc(-n2nnnc2SCC(=O)N2CCCCCC2)cc1. The Balaban J connectivity index is 1.63. The Hall–Kier alpha value is -2.09. The highest BCUT2D eigenvalue weighted by Gasteiger charge is 2.17. The first-order valence-corrected chi connectivity index (χ1v) is 9.10. The minimum Gasteiger partial charge on any atom is -0.497 e. The van der Waals surface area contributed by atoms with Gasteiger partial charge in [0.1, 0.15) is 5.75 Å². The van der Waals surface area contributed by atoms with Crippen molar-refractivity contribution >= 4 is 17.7 Å². The van der Waals surface area contributed by atoms with E-state index < -0.39 is 0 Å². The molecule has 8 heteroatoms. The van der Waals surface area contributed by atoms with Crippen LogP contribution in [0.5, 0.6) is 5.75 Å². The Labute approximate surface area is 145 Å². The Kier molecular flexibility index (Phi) is 5.68. The lowest BCUT2D eigenvalue weighted by molar-refractivity contribution is -0.128. The van der Waals surface area contributed by atoms with Crippen molar-refractivity contribution < 1.29 is 9.53 Å². The average Bonchev–Trinajstić information content (AvgIpc) is 2.92. The van der Waals surface area contributed by atoms with E-state index in [2.05, 4.69) is 15.5 Å². The van der Waals surface area contributed by atoms with Crippen LogP contribution in [0.15, 0.2) is 29.4 Å². The molecule has 0 bridgehead atoms. The van der Waals surface area contributed by atoms with Crippen LogP contribution in [-0.2, 0) is 4.79 Å². The van der Waals surface area contributed by atoms with Crippen LogP contribution in [0.25, 0.3) is 5.69 Å². The molecule has 0 atom stereocenters. The highest BCUT2D eigenvalue weighted by Crippen LogP contribution is 2.21. The van der Waals surface area contributed by atoms with Crippen molar-refractivity contribution in [3.63, 3.8) is 0 Å². The Bertz CT molecular complexity index is 665. The number of carbonyl (C=O) groups excluding carboxylic acids is 1. The number of benzene rings is 1. The Morgan fingerprint density at radius 3 is 2.54 bits per heavy atom. The van der Waals surface area contributed by atoms with E-state index in [1.165, 1.54) is 24.6 Å². The lowest BCUT2D eigenvalue weighted by atomic mass is 10.2. The zero-order valence-corrected chi connectivity index (χ0v) is 14.5. The number of tetrazole rings is 1. The fourth-order valence-electron chi connectivity index (χ4n) is 2.69. The van der Waals surface area contributed by atoms with Crippen molar-refractivity contribution in [3.05, 3.63) is 24.3 Å². The van der Waals surface area contributed by atoms with Gasteiger partial charge in [0, 0.05) is 13.1 Å². The first kappa shape index (κ1) is 16.8. The molecule has 1 aromatic carbocycles. The second-order valence-corrected chi connectivity index (χ2v) is 6.60. The molecule has 0 saturated carbocycles. The van der Waals surface area contributed by atoms with Gasteiger partial charge in [0.15, 0.2) is 0 Å². The standard InChI is InChI=1S/C16H21N5O2S/c1-23-14-8-6-13(7-9-14)21-16(17-18-19-21)24-12-15(22)20-10-4-2-3-5-11-20/h6-9H,2-5,10-12H2,1H3. The third kappa shape index (κ3) is 4.05. The van der Waals surface area contributed by atoms with E-state index in [4.69, 9.17) is 4.74 Å². The van der Waals surface area contributed by atoms with Gasteiger partial charge in [0.05, 0.1) is 18.6 Å². The zero-order valence-electron chi connectivity index (χ0n) is 13.7. The van der Waals surface area contributed by atoms with Crippen LogP contribution < -0.4 is 4.74 Å². The van der Waals surface area contributed by atoms with Gasteiger partial charge in [0.2, 0.25) is 11.1 Å².